The summed E-state index contributed by atoms with van der Waals surface area (Å²) in [5.74, 6) is 1.27. The van der Waals surface area contributed by atoms with Crippen LogP contribution in [0.5, 0.6) is 34.5 Å². The minimum Gasteiger partial charge on any atom is -0.493 e. The van der Waals surface area contributed by atoms with Crippen LogP contribution in [0.15, 0.2) is 67.3 Å². The minimum atomic E-state index is -1.35. The number of carbonyl (C=O) groups excluding carboxylic acids is 2. The summed E-state index contributed by atoms with van der Waals surface area (Å²) >= 11 is 0. The Labute approximate surface area is 325 Å². The molecule has 0 saturated carbocycles. The molecule has 0 aromatic heterocycles. The van der Waals surface area contributed by atoms with Crippen LogP contribution in [0.4, 0.5) is 0 Å². The maximum Gasteiger partial charge on any atom is 0.244 e. The molecule has 2 N–H and O–H groups in total. The normalized spacial score (nSPS) is 18.5. The molecule has 0 bridgehead atoms. The van der Waals surface area contributed by atoms with E-state index in [1.807, 2.05) is 42.5 Å². The Bertz CT molecular complexity index is 1740. The molecule has 12 nitrogen and oxygen atoms in total. The summed E-state index contributed by atoms with van der Waals surface area (Å²) in [6.07, 6.45) is 4.97. The third-order valence-corrected chi connectivity index (χ3v) is 10.9. The number of aryl methyl sites for hydroxylation is 1. The van der Waals surface area contributed by atoms with E-state index in [9.17, 15) is 4.79 Å². The highest BCUT2D eigenvalue weighted by molar-refractivity contribution is 5.94. The number of methoxy groups -OCH3 is 5. The Kier molecular flexibility index (Phi) is 14.7. The van der Waals surface area contributed by atoms with Crippen LogP contribution in [0.2, 0.25) is 0 Å². The van der Waals surface area contributed by atoms with Crippen LogP contribution < -0.4 is 34.2 Å². The van der Waals surface area contributed by atoms with Gasteiger partial charge in [-0.1, -0.05) is 24.3 Å². The van der Waals surface area contributed by atoms with Gasteiger partial charge >= 0.3 is 0 Å². The zero-order valence-electron chi connectivity index (χ0n) is 33.0. The van der Waals surface area contributed by atoms with Crippen molar-refractivity contribution in [1.29, 1.82) is 0 Å². The van der Waals surface area contributed by atoms with E-state index in [4.69, 9.17) is 38.9 Å². The van der Waals surface area contributed by atoms with Crippen molar-refractivity contribution in [3.8, 4) is 34.5 Å². The van der Waals surface area contributed by atoms with Crippen LogP contribution in [0.3, 0.4) is 0 Å². The second kappa shape index (κ2) is 19.6. The van der Waals surface area contributed by atoms with E-state index in [0.29, 0.717) is 78.9 Å². The number of piperidine rings is 1. The topological polar surface area (TPSA) is 131 Å². The van der Waals surface area contributed by atoms with Gasteiger partial charge in [-0.3, -0.25) is 14.5 Å². The van der Waals surface area contributed by atoms with E-state index in [0.717, 1.165) is 56.8 Å². The lowest BCUT2D eigenvalue weighted by atomic mass is 9.69. The maximum absolute atomic E-state index is 15.2. The molecular formula is C43H57N3O9. The number of amides is 2. The zero-order chi connectivity index (χ0) is 39.4. The fraction of sp³-hybridized carbons (Fsp3) is 0.488. The predicted molar refractivity (Wildman–Crippen MR) is 211 cm³/mol. The molecule has 12 heteroatoms. The third-order valence-electron chi connectivity index (χ3n) is 10.9. The molecule has 0 aliphatic carbocycles. The van der Waals surface area contributed by atoms with Crippen LogP contribution in [0.1, 0.15) is 60.6 Å². The second-order valence-corrected chi connectivity index (χ2v) is 13.9. The summed E-state index contributed by atoms with van der Waals surface area (Å²) in [4.78, 5) is 33.5. The number of ether oxygens (including phenoxy) is 7. The molecular weight excluding hydrogens is 702 g/mol. The molecule has 3 aromatic carbocycles. The number of rotatable bonds is 19. The van der Waals surface area contributed by atoms with Crippen molar-refractivity contribution in [3.05, 3.63) is 83.9 Å². The fourth-order valence-corrected chi connectivity index (χ4v) is 8.10. The molecule has 3 atom stereocenters. The Morgan fingerprint density at radius 2 is 1.56 bits per heavy atom. The summed E-state index contributed by atoms with van der Waals surface area (Å²) in [5, 5.41) is 0. The molecule has 2 aliphatic heterocycles. The number of hydrogen-bond donors (Lipinski definition) is 1. The largest absolute Gasteiger partial charge is 0.493 e. The first-order valence-corrected chi connectivity index (χ1v) is 19.0. The average molecular weight is 760 g/mol. The first-order valence-electron chi connectivity index (χ1n) is 19.0. The number of morpholine rings is 1. The van der Waals surface area contributed by atoms with Gasteiger partial charge in [0.15, 0.2) is 23.0 Å². The van der Waals surface area contributed by atoms with Gasteiger partial charge in [-0.25, -0.2) is 0 Å². The highest BCUT2D eigenvalue weighted by atomic mass is 16.5. The molecule has 2 heterocycles. The maximum atomic E-state index is 15.2. The van der Waals surface area contributed by atoms with Crippen LogP contribution in [-0.4, -0.2) is 109 Å². The summed E-state index contributed by atoms with van der Waals surface area (Å²) in [5.41, 5.74) is 7.74. The highest BCUT2D eigenvalue weighted by Gasteiger charge is 2.53. The Hall–Kier alpha value is -4.94. The smallest absolute Gasteiger partial charge is 0.244 e. The number of allylic oxidation sites excluding steroid dienone is 1. The monoisotopic (exact) mass is 759 g/mol. The molecule has 2 amide bonds. The number of carbonyl (C=O) groups is 2. The van der Waals surface area contributed by atoms with Gasteiger partial charge in [0.1, 0.15) is 17.9 Å². The van der Waals surface area contributed by atoms with Crippen LogP contribution in [0.25, 0.3) is 0 Å². The van der Waals surface area contributed by atoms with Crippen LogP contribution in [0, 0.1) is 0 Å². The number of likely N-dealkylation sites (tertiary alicyclic amines) is 1. The third kappa shape index (κ3) is 9.30. The van der Waals surface area contributed by atoms with Gasteiger partial charge in [0.2, 0.25) is 17.6 Å². The molecule has 0 spiro atoms. The van der Waals surface area contributed by atoms with Crippen LogP contribution in [-0.2, 0) is 20.7 Å². The molecule has 298 valence electrons. The number of hydrogen-bond acceptors (Lipinski definition) is 10. The summed E-state index contributed by atoms with van der Waals surface area (Å²) in [6.45, 7) is 8.80. The van der Waals surface area contributed by atoms with E-state index < -0.39 is 23.3 Å². The van der Waals surface area contributed by atoms with E-state index in [1.54, 1.807) is 37.3 Å². The van der Waals surface area contributed by atoms with Gasteiger partial charge in [0.05, 0.1) is 54.7 Å². The van der Waals surface area contributed by atoms with Gasteiger partial charge in [-0.05, 0) is 91.6 Å². The highest BCUT2D eigenvalue weighted by Crippen LogP contribution is 2.47. The van der Waals surface area contributed by atoms with Crippen molar-refractivity contribution < 1.29 is 42.7 Å². The quantitative estimate of drug-likeness (QED) is 0.151. The lowest BCUT2D eigenvalue weighted by Gasteiger charge is -2.50. The van der Waals surface area contributed by atoms with Crippen molar-refractivity contribution in [2.75, 3.05) is 81.5 Å². The number of primary amides is 1. The summed E-state index contributed by atoms with van der Waals surface area (Å²) in [6, 6.07) is 17.3. The van der Waals surface area contributed by atoms with E-state index in [-0.39, 0.29) is 5.91 Å². The number of nitrogens with zero attached hydrogens (tertiary/aromatic N) is 2. The fourth-order valence-electron chi connectivity index (χ4n) is 8.10. The van der Waals surface area contributed by atoms with E-state index in [2.05, 4.69) is 11.5 Å². The second-order valence-electron chi connectivity index (χ2n) is 13.9. The first-order chi connectivity index (χ1) is 26.7. The lowest BCUT2D eigenvalue weighted by Crippen LogP contribution is -2.65. The van der Waals surface area contributed by atoms with Crippen LogP contribution >= 0.6 is 0 Å². The lowest BCUT2D eigenvalue weighted by molar-refractivity contribution is -0.152. The van der Waals surface area contributed by atoms with E-state index in [1.165, 1.54) is 21.3 Å². The molecule has 2 saturated heterocycles. The van der Waals surface area contributed by atoms with Crippen molar-refractivity contribution in [3.63, 3.8) is 0 Å². The Balaban J connectivity index is 1.57. The average Bonchev–Trinajstić information content (AvgIpc) is 3.22. The molecule has 2 aliphatic rings. The van der Waals surface area contributed by atoms with Gasteiger partial charge in [0.25, 0.3) is 0 Å². The van der Waals surface area contributed by atoms with Crippen molar-refractivity contribution in [2.24, 2.45) is 5.73 Å². The van der Waals surface area contributed by atoms with Gasteiger partial charge in [0, 0.05) is 32.1 Å². The van der Waals surface area contributed by atoms with Crippen molar-refractivity contribution in [1.82, 2.24) is 9.80 Å². The van der Waals surface area contributed by atoms with Gasteiger partial charge in [-0.2, -0.15) is 0 Å². The minimum absolute atomic E-state index is 0.221. The molecule has 55 heavy (non-hydrogen) atoms. The Morgan fingerprint density at radius 1 is 0.855 bits per heavy atom. The molecule has 1 unspecified atom stereocenters. The molecule has 2 fully saturated rings. The van der Waals surface area contributed by atoms with E-state index >= 15 is 4.79 Å². The zero-order valence-corrected chi connectivity index (χ0v) is 33.0. The summed E-state index contributed by atoms with van der Waals surface area (Å²) < 4.78 is 39.8. The SMILES string of the molecule is C=CC[C@H](C(=O)N1CCCCC1(C(N)=O)[C@H](CCc1ccc(OC)c(OC)c1)c1cccc(OCCN2CCOCC2)c1)c1cc(OC)c(OC)c(OC)c1. The van der Waals surface area contributed by atoms with Crippen molar-refractivity contribution in [2.45, 2.75) is 55.9 Å². The molecule has 0 radical (unpaired) electrons. The summed E-state index contributed by atoms with van der Waals surface area (Å²) in [7, 11) is 7.83. The van der Waals surface area contributed by atoms with Gasteiger partial charge in [-0.15, -0.1) is 6.58 Å². The first kappa shape index (κ1) is 41.2. The van der Waals surface area contributed by atoms with Crippen molar-refractivity contribution >= 4 is 11.8 Å². The number of nitrogens with two attached hydrogens (primary N) is 1. The number of benzene rings is 3. The molecule has 3 aromatic rings. The predicted octanol–water partition coefficient (Wildman–Crippen LogP) is 5.75. The standard InChI is InChI=1S/C43H57N3O9/c1-7-11-34(32-28-38(51-4)40(53-6)39(29-32)52-5)41(47)46-19-9-8-18-43(46,42(44)48)35(16-14-30-15-17-36(49-2)37(26-30)50-3)31-12-10-13-33(27-31)55-25-22-45-20-23-54-24-21-45/h7,10,12-13,15,17,26-29,34-35H,1,8-9,11,14,16,18-25H2,2-6H3,(H2,44,48)/t34-,35+,43?/m0/s1. The Morgan fingerprint density at radius 3 is 2.20 bits per heavy atom. The molecule has 5 rings (SSSR count). The van der Waals surface area contributed by atoms with Gasteiger partial charge < -0.3 is 43.8 Å².